The van der Waals surface area contributed by atoms with Gasteiger partial charge in [-0.05, 0) is 44.5 Å². The Hall–Kier alpha value is -2.29. The van der Waals surface area contributed by atoms with Crippen LogP contribution in [-0.4, -0.2) is 76.7 Å². The molecule has 33 heavy (non-hydrogen) atoms. The van der Waals surface area contributed by atoms with Gasteiger partial charge in [-0.1, -0.05) is 42.7 Å². The van der Waals surface area contributed by atoms with Crippen molar-refractivity contribution >= 4 is 28.1 Å². The highest BCUT2D eigenvalue weighted by molar-refractivity contribution is 7.13. The number of carbonyl (C=O) groups is 1. The summed E-state index contributed by atoms with van der Waals surface area (Å²) in [6, 6.07) is 6.54. The molecule has 0 aliphatic carbocycles. The van der Waals surface area contributed by atoms with Crippen LogP contribution in [0.15, 0.2) is 24.4 Å². The number of nitrogens with one attached hydrogen (secondary N) is 2. The van der Waals surface area contributed by atoms with Gasteiger partial charge in [0.25, 0.3) is 5.91 Å². The molecule has 1 saturated heterocycles. The number of rotatable bonds is 10. The van der Waals surface area contributed by atoms with Crippen LogP contribution in [0.25, 0.3) is 10.9 Å². The molecule has 0 saturated carbocycles. The Morgan fingerprint density at radius 1 is 1.24 bits per heavy atom. The molecule has 7 nitrogen and oxygen atoms in total. The maximum Gasteiger partial charge on any atom is 0.282 e. The molecule has 3 heterocycles. The third kappa shape index (κ3) is 6.40. The minimum atomic E-state index is -0.101. The van der Waals surface area contributed by atoms with Gasteiger partial charge >= 0.3 is 0 Å². The second-order valence-electron chi connectivity index (χ2n) is 9.28. The molecule has 178 valence electrons. The molecule has 1 aliphatic rings. The number of nitrogens with zero attached hydrogens (tertiary/aromatic N) is 4. The first-order valence-electron chi connectivity index (χ1n) is 12.1. The van der Waals surface area contributed by atoms with E-state index in [1.54, 1.807) is 0 Å². The molecule has 4 rings (SSSR count). The molecule has 0 radical (unpaired) electrons. The normalized spacial score (nSPS) is 16.3. The number of hydrogen-bond donors (Lipinski definition) is 2. The summed E-state index contributed by atoms with van der Waals surface area (Å²) in [5.41, 5.74) is 3.64. The molecule has 2 aromatic heterocycles. The van der Waals surface area contributed by atoms with Crippen LogP contribution in [0, 0.1) is 6.92 Å². The van der Waals surface area contributed by atoms with Crippen LogP contribution in [0.1, 0.15) is 52.1 Å². The number of unbranched alkanes of at least 4 members (excludes halogenated alkanes) is 1. The van der Waals surface area contributed by atoms with Crippen molar-refractivity contribution in [3.05, 3.63) is 45.5 Å². The zero-order chi connectivity index (χ0) is 23.2. The van der Waals surface area contributed by atoms with E-state index in [1.165, 1.54) is 27.8 Å². The molecule has 1 fully saturated rings. The van der Waals surface area contributed by atoms with Gasteiger partial charge in [0, 0.05) is 62.3 Å². The van der Waals surface area contributed by atoms with Gasteiger partial charge in [-0.25, -0.2) is 0 Å². The summed E-state index contributed by atoms with van der Waals surface area (Å²) in [4.78, 5) is 21.2. The lowest BCUT2D eigenvalue weighted by atomic mass is 9.99. The summed E-state index contributed by atoms with van der Waals surface area (Å²) >= 11 is 1.43. The molecule has 0 spiro atoms. The minimum Gasteiger partial charge on any atom is -0.361 e. The summed E-state index contributed by atoms with van der Waals surface area (Å²) < 4.78 is 0. The molecule has 0 bridgehead atoms. The van der Waals surface area contributed by atoms with Crippen LogP contribution in [0.3, 0.4) is 0 Å². The third-order valence-electron chi connectivity index (χ3n) is 6.53. The second-order valence-corrected chi connectivity index (χ2v) is 10.3. The van der Waals surface area contributed by atoms with E-state index >= 15 is 0 Å². The largest absolute Gasteiger partial charge is 0.361 e. The molecular weight excluding hydrogens is 432 g/mol. The van der Waals surface area contributed by atoms with Gasteiger partial charge in [0.05, 0.1) is 0 Å². The molecule has 1 atom stereocenters. The number of carbonyl (C=O) groups excluding carboxylic acids is 1. The molecule has 3 aromatic rings. The average Bonchev–Trinajstić information content (AvgIpc) is 3.44. The topological polar surface area (TPSA) is 77.1 Å². The summed E-state index contributed by atoms with van der Waals surface area (Å²) in [7, 11) is 2.17. The maximum atomic E-state index is 13.0. The maximum absolute atomic E-state index is 13.0. The fourth-order valence-electron chi connectivity index (χ4n) is 4.42. The van der Waals surface area contributed by atoms with Gasteiger partial charge in [0.15, 0.2) is 0 Å². The summed E-state index contributed by atoms with van der Waals surface area (Å²) in [6.45, 7) is 9.68. The minimum absolute atomic E-state index is 0.0784. The zero-order valence-electron chi connectivity index (χ0n) is 20.1. The van der Waals surface area contributed by atoms with Crippen LogP contribution in [0.2, 0.25) is 0 Å². The Kier molecular flexibility index (Phi) is 8.11. The molecule has 1 amide bonds. The van der Waals surface area contributed by atoms with E-state index in [4.69, 9.17) is 0 Å². The van der Waals surface area contributed by atoms with Crippen LogP contribution in [0.4, 0.5) is 0 Å². The van der Waals surface area contributed by atoms with E-state index in [-0.39, 0.29) is 11.9 Å². The van der Waals surface area contributed by atoms with Gasteiger partial charge in [-0.15, -0.1) is 10.2 Å². The quantitative estimate of drug-likeness (QED) is 0.475. The highest BCUT2D eigenvalue weighted by Gasteiger charge is 2.20. The molecular formula is C25H36N6OS. The van der Waals surface area contributed by atoms with Gasteiger partial charge in [-0.3, -0.25) is 4.79 Å². The van der Waals surface area contributed by atoms with Crippen LogP contribution in [0.5, 0.6) is 0 Å². The highest BCUT2D eigenvalue weighted by atomic mass is 32.1. The van der Waals surface area contributed by atoms with E-state index < -0.39 is 0 Å². The Bertz CT molecular complexity index is 1050. The van der Waals surface area contributed by atoms with Crippen molar-refractivity contribution in [3.63, 3.8) is 0 Å². The van der Waals surface area contributed by atoms with Crippen LogP contribution >= 0.6 is 11.3 Å². The molecule has 2 N–H and O–H groups in total. The number of aryl methyl sites for hydroxylation is 1. The number of hydrogen-bond acceptors (Lipinski definition) is 6. The standard InChI is InChI=1S/C25H36N6OS/c1-4-5-6-20(16-19-17-26-22-8-7-18(2)15-21(19)22)27-24(32)25-29-28-23(33-25)9-10-31-13-11-30(3)12-14-31/h7-8,15,17,20,26H,4-6,9-14,16H2,1-3H3,(H,27,32). The lowest BCUT2D eigenvalue weighted by molar-refractivity contribution is 0.0933. The highest BCUT2D eigenvalue weighted by Crippen LogP contribution is 2.22. The van der Waals surface area contributed by atoms with Crippen molar-refractivity contribution in [1.82, 2.24) is 30.3 Å². The predicted octanol–water partition coefficient (Wildman–Crippen LogP) is 3.65. The first-order valence-corrected chi connectivity index (χ1v) is 12.9. The Balaban J connectivity index is 1.36. The number of fused-ring (bicyclic) bond motifs is 1. The van der Waals surface area contributed by atoms with E-state index in [2.05, 4.69) is 75.6 Å². The van der Waals surface area contributed by atoms with Crippen LogP contribution in [-0.2, 0) is 12.8 Å². The van der Waals surface area contributed by atoms with Gasteiger partial charge in [0.2, 0.25) is 5.01 Å². The smallest absolute Gasteiger partial charge is 0.282 e. The predicted molar refractivity (Wildman–Crippen MR) is 135 cm³/mol. The fraction of sp³-hybridized carbons (Fsp3) is 0.560. The van der Waals surface area contributed by atoms with Crippen molar-refractivity contribution in [2.24, 2.45) is 0 Å². The molecule has 8 heteroatoms. The molecule has 1 aliphatic heterocycles. The lowest BCUT2D eigenvalue weighted by Gasteiger charge is -2.32. The number of benzene rings is 1. The number of piperazine rings is 1. The summed E-state index contributed by atoms with van der Waals surface area (Å²) in [6.07, 6.45) is 6.88. The van der Waals surface area contributed by atoms with Gasteiger partial charge in [0.1, 0.15) is 5.01 Å². The molecule has 1 unspecified atom stereocenters. The number of likely N-dealkylation sites (N-methyl/N-ethyl adjacent to an activating group) is 1. The Morgan fingerprint density at radius 2 is 2.06 bits per heavy atom. The SMILES string of the molecule is CCCCC(Cc1c[nH]c2ccc(C)cc12)NC(=O)c1nnc(CCN2CCN(C)CC2)s1. The van der Waals surface area contributed by atoms with Crippen LogP contribution < -0.4 is 5.32 Å². The lowest BCUT2D eigenvalue weighted by Crippen LogP contribution is -2.45. The van der Waals surface area contributed by atoms with Crippen molar-refractivity contribution in [2.45, 2.75) is 52.0 Å². The average molecular weight is 469 g/mol. The first-order chi connectivity index (χ1) is 16.0. The van der Waals surface area contributed by atoms with Gasteiger partial charge in [-0.2, -0.15) is 0 Å². The Morgan fingerprint density at radius 3 is 2.85 bits per heavy atom. The van der Waals surface area contributed by atoms with E-state index in [9.17, 15) is 4.79 Å². The van der Waals surface area contributed by atoms with Crippen molar-refractivity contribution in [3.8, 4) is 0 Å². The number of amides is 1. The number of H-pyrrole nitrogens is 1. The Labute approximate surface area is 200 Å². The van der Waals surface area contributed by atoms with E-state index in [1.807, 2.05) is 0 Å². The van der Waals surface area contributed by atoms with Gasteiger partial charge < -0.3 is 20.1 Å². The van der Waals surface area contributed by atoms with Crippen molar-refractivity contribution in [1.29, 1.82) is 0 Å². The van der Waals surface area contributed by atoms with Crippen molar-refractivity contribution in [2.75, 3.05) is 39.8 Å². The number of aromatic amines is 1. The zero-order valence-corrected chi connectivity index (χ0v) is 20.9. The van der Waals surface area contributed by atoms with Crippen molar-refractivity contribution < 1.29 is 4.79 Å². The van der Waals surface area contributed by atoms with E-state index in [0.717, 1.165) is 75.4 Å². The monoisotopic (exact) mass is 468 g/mol. The first kappa shape index (κ1) is 23.9. The summed E-state index contributed by atoms with van der Waals surface area (Å²) in [5, 5.41) is 14.4. The summed E-state index contributed by atoms with van der Waals surface area (Å²) in [5.74, 6) is -0.101. The van der Waals surface area contributed by atoms with E-state index in [0.29, 0.717) is 5.01 Å². The fourth-order valence-corrected chi connectivity index (χ4v) is 5.15. The third-order valence-corrected chi connectivity index (χ3v) is 7.51. The second kappa shape index (κ2) is 11.2. The molecule has 1 aromatic carbocycles. The number of aromatic nitrogens is 3.